The van der Waals surface area contributed by atoms with Gasteiger partial charge >= 0.3 is 0 Å². The summed E-state index contributed by atoms with van der Waals surface area (Å²) in [4.78, 5) is 0. The van der Waals surface area contributed by atoms with Crippen LogP contribution in [0.1, 0.15) is 30.5 Å². The Labute approximate surface area is 99.7 Å². The molecular formula is C14H25NO. The smallest absolute Gasteiger partial charge is 0.0587 e. The van der Waals surface area contributed by atoms with Gasteiger partial charge in [-0.2, -0.15) is 0 Å². The first-order chi connectivity index (χ1) is 7.67. The minimum absolute atomic E-state index is 0.164. The molecule has 0 fully saturated rings. The fourth-order valence-corrected chi connectivity index (χ4v) is 1.47. The van der Waals surface area contributed by atoms with Crippen molar-refractivity contribution in [1.29, 1.82) is 0 Å². The van der Waals surface area contributed by atoms with Gasteiger partial charge in [0.15, 0.2) is 0 Å². The van der Waals surface area contributed by atoms with E-state index >= 15 is 0 Å². The molecule has 1 aromatic rings. The third kappa shape index (κ3) is 4.77. The second-order valence-electron chi connectivity index (χ2n) is 3.79. The fraction of sp³-hybridized carbons (Fsp3) is 0.571. The van der Waals surface area contributed by atoms with Crippen molar-refractivity contribution in [2.24, 2.45) is 0 Å². The second kappa shape index (κ2) is 8.31. The summed E-state index contributed by atoms with van der Waals surface area (Å²) in [6, 6.07) is 6.61. The molecule has 0 heterocycles. The molecule has 0 bridgehead atoms. The van der Waals surface area contributed by atoms with Crippen molar-refractivity contribution in [3.8, 4) is 0 Å². The number of benzene rings is 1. The number of aliphatic hydroxyl groups is 1. The zero-order valence-corrected chi connectivity index (χ0v) is 11.2. The zero-order valence-electron chi connectivity index (χ0n) is 11.2. The molecule has 0 radical (unpaired) electrons. The second-order valence-corrected chi connectivity index (χ2v) is 3.79. The number of hydrogen-bond donors (Lipinski definition) is 2. The van der Waals surface area contributed by atoms with E-state index in [9.17, 15) is 0 Å². The van der Waals surface area contributed by atoms with Crippen LogP contribution in [-0.4, -0.2) is 24.8 Å². The quantitative estimate of drug-likeness (QED) is 0.822. The lowest BCUT2D eigenvalue weighted by atomic mass is 10.0. The lowest BCUT2D eigenvalue weighted by Crippen LogP contribution is -2.31. The normalized spacial score (nSPS) is 11.6. The molecule has 0 amide bonds. The summed E-state index contributed by atoms with van der Waals surface area (Å²) in [6.07, 6.45) is 0.883. The number of nitrogens with one attached hydrogen (secondary N) is 1. The maximum Gasteiger partial charge on any atom is 0.0587 e. The Bertz CT molecular complexity index is 293. The lowest BCUT2D eigenvalue weighted by Gasteiger charge is -2.13. The predicted molar refractivity (Wildman–Crippen MR) is 70.9 cm³/mol. The summed E-state index contributed by atoms with van der Waals surface area (Å²) in [5.74, 6) is 0. The van der Waals surface area contributed by atoms with Crippen LogP contribution >= 0.6 is 0 Å². The number of rotatable bonds is 4. The van der Waals surface area contributed by atoms with Crippen LogP contribution in [0.2, 0.25) is 0 Å². The van der Waals surface area contributed by atoms with Crippen LogP contribution in [0.5, 0.6) is 0 Å². The van der Waals surface area contributed by atoms with Gasteiger partial charge in [-0.25, -0.2) is 0 Å². The van der Waals surface area contributed by atoms with Crippen LogP contribution in [0.3, 0.4) is 0 Å². The zero-order chi connectivity index (χ0) is 12.6. The van der Waals surface area contributed by atoms with Gasteiger partial charge in [0.25, 0.3) is 0 Å². The highest BCUT2D eigenvalue weighted by Gasteiger charge is 2.05. The highest BCUT2D eigenvalue weighted by Crippen LogP contribution is 2.11. The van der Waals surface area contributed by atoms with Crippen LogP contribution < -0.4 is 5.32 Å². The van der Waals surface area contributed by atoms with E-state index in [0.29, 0.717) is 0 Å². The fourth-order valence-electron chi connectivity index (χ4n) is 1.47. The standard InChI is InChI=1S/C12H19NO.C2H6/c1-9-4-5-11(6-10(9)2)7-12(8-14)13-3;1-2/h4-6,12-14H,7-8H2,1-3H3;1-2H3. The van der Waals surface area contributed by atoms with Crippen molar-refractivity contribution >= 4 is 0 Å². The first-order valence-electron chi connectivity index (χ1n) is 6.01. The summed E-state index contributed by atoms with van der Waals surface area (Å²) >= 11 is 0. The van der Waals surface area contributed by atoms with E-state index in [2.05, 4.69) is 37.4 Å². The van der Waals surface area contributed by atoms with E-state index in [1.165, 1.54) is 16.7 Å². The van der Waals surface area contributed by atoms with E-state index in [1.807, 2.05) is 20.9 Å². The molecule has 0 aliphatic heterocycles. The SMILES string of the molecule is CC.CNC(CO)Cc1ccc(C)c(C)c1. The first kappa shape index (κ1) is 15.1. The molecule has 2 nitrogen and oxygen atoms in total. The molecule has 1 unspecified atom stereocenters. The molecule has 0 saturated heterocycles. The number of hydrogen-bond acceptors (Lipinski definition) is 2. The monoisotopic (exact) mass is 223 g/mol. The van der Waals surface area contributed by atoms with Gasteiger partial charge in [-0.1, -0.05) is 32.0 Å². The minimum atomic E-state index is 0.164. The molecule has 1 rings (SSSR count). The lowest BCUT2D eigenvalue weighted by molar-refractivity contribution is 0.248. The number of aryl methyl sites for hydroxylation is 2. The van der Waals surface area contributed by atoms with Crippen LogP contribution in [0, 0.1) is 13.8 Å². The van der Waals surface area contributed by atoms with E-state index < -0.39 is 0 Å². The Hall–Kier alpha value is -0.860. The predicted octanol–water partition coefficient (Wildman–Crippen LogP) is 2.45. The Morgan fingerprint density at radius 1 is 1.19 bits per heavy atom. The van der Waals surface area contributed by atoms with Crippen LogP contribution in [0.4, 0.5) is 0 Å². The molecule has 0 spiro atoms. The van der Waals surface area contributed by atoms with Gasteiger partial charge < -0.3 is 10.4 Å². The Balaban J connectivity index is 0.00000106. The van der Waals surface area contributed by atoms with Gasteiger partial charge in [0.05, 0.1) is 6.61 Å². The molecule has 1 atom stereocenters. The maximum absolute atomic E-state index is 9.05. The van der Waals surface area contributed by atoms with Gasteiger partial charge in [0, 0.05) is 6.04 Å². The molecule has 1 aromatic carbocycles. The van der Waals surface area contributed by atoms with Gasteiger partial charge in [-0.3, -0.25) is 0 Å². The summed E-state index contributed by atoms with van der Waals surface area (Å²) < 4.78 is 0. The maximum atomic E-state index is 9.05. The first-order valence-corrected chi connectivity index (χ1v) is 6.01. The minimum Gasteiger partial charge on any atom is -0.395 e. The molecule has 0 aliphatic carbocycles. The topological polar surface area (TPSA) is 32.3 Å². The summed E-state index contributed by atoms with van der Waals surface area (Å²) in [7, 11) is 1.88. The van der Waals surface area contributed by atoms with Crippen molar-refractivity contribution < 1.29 is 5.11 Å². The Kier molecular flexibility index (Phi) is 7.86. The van der Waals surface area contributed by atoms with E-state index in [-0.39, 0.29) is 12.6 Å². The highest BCUT2D eigenvalue weighted by molar-refractivity contribution is 5.30. The van der Waals surface area contributed by atoms with Crippen LogP contribution in [0.15, 0.2) is 18.2 Å². The van der Waals surface area contributed by atoms with Crippen LogP contribution in [0.25, 0.3) is 0 Å². The van der Waals surface area contributed by atoms with E-state index in [1.54, 1.807) is 0 Å². The molecule has 0 aliphatic rings. The molecule has 16 heavy (non-hydrogen) atoms. The summed E-state index contributed by atoms with van der Waals surface area (Å²) in [5, 5.41) is 12.1. The van der Waals surface area contributed by atoms with Crippen molar-refractivity contribution in [3.05, 3.63) is 34.9 Å². The molecule has 2 heteroatoms. The summed E-state index contributed by atoms with van der Waals surface area (Å²) in [6.45, 7) is 8.41. The number of likely N-dealkylation sites (N-methyl/N-ethyl adjacent to an activating group) is 1. The molecule has 92 valence electrons. The van der Waals surface area contributed by atoms with E-state index in [4.69, 9.17) is 5.11 Å². The van der Waals surface area contributed by atoms with Gasteiger partial charge in [-0.05, 0) is 44.0 Å². The van der Waals surface area contributed by atoms with Gasteiger partial charge in [-0.15, -0.1) is 0 Å². The Morgan fingerprint density at radius 3 is 2.25 bits per heavy atom. The summed E-state index contributed by atoms with van der Waals surface area (Å²) in [5.41, 5.74) is 3.91. The third-order valence-corrected chi connectivity index (χ3v) is 2.68. The Morgan fingerprint density at radius 2 is 1.81 bits per heavy atom. The van der Waals surface area contributed by atoms with Gasteiger partial charge in [0.2, 0.25) is 0 Å². The third-order valence-electron chi connectivity index (χ3n) is 2.68. The highest BCUT2D eigenvalue weighted by atomic mass is 16.3. The van der Waals surface area contributed by atoms with Crippen LogP contribution in [-0.2, 0) is 6.42 Å². The molecule has 0 aromatic heterocycles. The molecular weight excluding hydrogens is 198 g/mol. The average molecular weight is 223 g/mol. The average Bonchev–Trinajstić information content (AvgIpc) is 2.33. The largest absolute Gasteiger partial charge is 0.395 e. The number of aliphatic hydroxyl groups excluding tert-OH is 1. The van der Waals surface area contributed by atoms with Crippen molar-refractivity contribution in [1.82, 2.24) is 5.32 Å². The van der Waals surface area contributed by atoms with Crippen molar-refractivity contribution in [2.75, 3.05) is 13.7 Å². The van der Waals surface area contributed by atoms with Gasteiger partial charge in [0.1, 0.15) is 0 Å². The molecule has 2 N–H and O–H groups in total. The van der Waals surface area contributed by atoms with Crippen molar-refractivity contribution in [2.45, 2.75) is 40.2 Å². The van der Waals surface area contributed by atoms with Crippen molar-refractivity contribution in [3.63, 3.8) is 0 Å². The van der Waals surface area contributed by atoms with E-state index in [0.717, 1.165) is 6.42 Å². The molecule has 0 saturated carbocycles.